The fourth-order valence-corrected chi connectivity index (χ4v) is 3.61. The maximum absolute atomic E-state index is 4.47. The Morgan fingerprint density at radius 3 is 2.62 bits per heavy atom. The number of benzene rings is 1. The number of nitrogens with zero attached hydrogens (tertiary/aromatic N) is 4. The van der Waals surface area contributed by atoms with E-state index in [2.05, 4.69) is 56.8 Å². The highest BCUT2D eigenvalue weighted by Crippen LogP contribution is 2.34. The first-order chi connectivity index (χ1) is 9.58. The molecule has 2 heterocycles. The minimum Gasteiger partial charge on any atom is -1.00 e. The molecule has 0 spiro atoms. The number of rotatable bonds is 2. The Balaban J connectivity index is 0.00000161. The van der Waals surface area contributed by atoms with E-state index in [1.54, 1.807) is 11.3 Å². The van der Waals surface area contributed by atoms with E-state index in [4.69, 9.17) is 0 Å². The van der Waals surface area contributed by atoms with Crippen molar-refractivity contribution >= 4 is 49.0 Å². The Hall–Kier alpha value is -1.24. The van der Waals surface area contributed by atoms with Crippen LogP contribution in [0, 0.1) is 6.92 Å². The van der Waals surface area contributed by atoms with E-state index in [1.165, 1.54) is 5.52 Å². The van der Waals surface area contributed by atoms with E-state index in [-0.39, 0.29) is 12.4 Å². The smallest absolute Gasteiger partial charge is 0.409 e. The highest BCUT2D eigenvalue weighted by molar-refractivity contribution is 9.11. The Kier molecular flexibility index (Phi) is 4.81. The maximum Gasteiger partial charge on any atom is 0.409 e. The van der Waals surface area contributed by atoms with Crippen molar-refractivity contribution in [3.8, 4) is 0 Å². The van der Waals surface area contributed by atoms with Gasteiger partial charge in [0.1, 0.15) is 15.7 Å². The van der Waals surface area contributed by atoms with E-state index in [9.17, 15) is 0 Å². The van der Waals surface area contributed by atoms with Gasteiger partial charge >= 0.3 is 5.13 Å². The highest BCUT2D eigenvalue weighted by atomic mass is 79.9. The zero-order valence-electron chi connectivity index (χ0n) is 11.8. The molecule has 21 heavy (non-hydrogen) atoms. The highest BCUT2D eigenvalue weighted by Gasteiger charge is 2.15. The van der Waals surface area contributed by atoms with Crippen LogP contribution in [0.25, 0.3) is 10.9 Å². The molecular formula is C14H14BrClN4S. The molecule has 0 aliphatic heterocycles. The molecule has 0 amide bonds. The Morgan fingerprint density at radius 1 is 1.24 bits per heavy atom. The summed E-state index contributed by atoms with van der Waals surface area (Å²) in [4.78, 5) is 0. The van der Waals surface area contributed by atoms with Crippen molar-refractivity contribution in [3.05, 3.63) is 39.9 Å². The van der Waals surface area contributed by atoms with Crippen LogP contribution >= 0.6 is 27.3 Å². The lowest BCUT2D eigenvalue weighted by atomic mass is 10.2. The zero-order valence-corrected chi connectivity index (χ0v) is 15.0. The molecule has 0 fully saturated rings. The van der Waals surface area contributed by atoms with Crippen LogP contribution in [0.5, 0.6) is 0 Å². The minimum absolute atomic E-state index is 0. The summed E-state index contributed by atoms with van der Waals surface area (Å²) < 4.78 is 5.15. The quantitative estimate of drug-likeness (QED) is 0.474. The molecule has 0 N–H and O–H groups in total. The van der Waals surface area contributed by atoms with Crippen molar-refractivity contribution in [1.82, 2.24) is 4.57 Å². The molecular weight excluding hydrogens is 372 g/mol. The van der Waals surface area contributed by atoms with Crippen LogP contribution in [0.15, 0.2) is 44.5 Å². The van der Waals surface area contributed by atoms with Crippen LogP contribution in [0.4, 0.5) is 10.8 Å². The maximum atomic E-state index is 4.47. The van der Waals surface area contributed by atoms with Gasteiger partial charge in [0.05, 0.1) is 17.7 Å². The van der Waals surface area contributed by atoms with Crippen molar-refractivity contribution in [1.29, 1.82) is 0 Å². The molecule has 7 heteroatoms. The molecule has 0 radical (unpaired) electrons. The average Bonchev–Trinajstić information content (AvgIpc) is 2.87. The first kappa shape index (κ1) is 16.1. The molecule has 0 aliphatic rings. The molecule has 3 rings (SSSR count). The lowest BCUT2D eigenvalue weighted by Gasteiger charge is -1.96. The SMILES string of the molecule is Cc1c(N=Nc2sc(Br)c[n+]2C)c2ccccc2n1C.[Cl-]. The van der Waals surface area contributed by atoms with Gasteiger partial charge in [0.2, 0.25) is 0 Å². The van der Waals surface area contributed by atoms with Gasteiger partial charge in [-0.2, -0.15) is 0 Å². The molecule has 3 aromatic rings. The fraction of sp³-hybridized carbons (Fsp3) is 0.214. The van der Waals surface area contributed by atoms with Gasteiger partial charge in [-0.1, -0.05) is 18.2 Å². The molecule has 0 saturated carbocycles. The number of thiazole rings is 1. The van der Waals surface area contributed by atoms with Crippen molar-refractivity contribution in [2.45, 2.75) is 6.92 Å². The molecule has 1 aromatic carbocycles. The Morgan fingerprint density at radius 2 is 1.95 bits per heavy atom. The molecule has 4 nitrogen and oxygen atoms in total. The van der Waals surface area contributed by atoms with E-state index in [0.717, 1.165) is 25.7 Å². The van der Waals surface area contributed by atoms with Crippen molar-refractivity contribution in [3.63, 3.8) is 0 Å². The topological polar surface area (TPSA) is 33.5 Å². The second-order valence-electron chi connectivity index (χ2n) is 4.64. The molecule has 2 aromatic heterocycles. The van der Waals surface area contributed by atoms with E-state index < -0.39 is 0 Å². The average molecular weight is 386 g/mol. The van der Waals surface area contributed by atoms with Gasteiger partial charge in [-0.25, -0.2) is 4.57 Å². The summed E-state index contributed by atoms with van der Waals surface area (Å²) in [7, 11) is 4.02. The van der Waals surface area contributed by atoms with E-state index in [1.807, 2.05) is 29.9 Å². The number of fused-ring (bicyclic) bond motifs is 1. The largest absolute Gasteiger partial charge is 1.00 e. The first-order valence-electron chi connectivity index (χ1n) is 6.18. The third-order valence-electron chi connectivity index (χ3n) is 3.39. The number of aryl methyl sites for hydroxylation is 2. The third-order valence-corrected chi connectivity index (χ3v) is 4.93. The number of hydrogen-bond donors (Lipinski definition) is 0. The molecule has 0 unspecified atom stereocenters. The van der Waals surface area contributed by atoms with Crippen LogP contribution in [-0.2, 0) is 14.1 Å². The normalized spacial score (nSPS) is 11.2. The van der Waals surface area contributed by atoms with Crippen molar-refractivity contribution in [2.24, 2.45) is 24.3 Å². The molecule has 0 saturated heterocycles. The predicted molar refractivity (Wildman–Crippen MR) is 85.0 cm³/mol. The molecule has 110 valence electrons. The zero-order chi connectivity index (χ0) is 14.3. The van der Waals surface area contributed by atoms with Crippen LogP contribution in [0.2, 0.25) is 0 Å². The summed E-state index contributed by atoms with van der Waals surface area (Å²) in [5, 5.41) is 10.9. The van der Waals surface area contributed by atoms with Crippen LogP contribution in [-0.4, -0.2) is 4.57 Å². The van der Waals surface area contributed by atoms with Gasteiger partial charge < -0.3 is 17.0 Å². The van der Waals surface area contributed by atoms with Gasteiger partial charge in [-0.3, -0.25) is 0 Å². The monoisotopic (exact) mass is 384 g/mol. The molecule has 0 bridgehead atoms. The number of aromatic nitrogens is 2. The second kappa shape index (κ2) is 6.25. The summed E-state index contributed by atoms with van der Waals surface area (Å²) in [6, 6.07) is 8.26. The van der Waals surface area contributed by atoms with Gasteiger partial charge in [0, 0.05) is 18.1 Å². The fourth-order valence-electron chi connectivity index (χ4n) is 2.20. The Bertz CT molecular complexity index is 822. The van der Waals surface area contributed by atoms with Gasteiger partial charge in [-0.15, -0.1) is 0 Å². The van der Waals surface area contributed by atoms with E-state index >= 15 is 0 Å². The summed E-state index contributed by atoms with van der Waals surface area (Å²) in [6.07, 6.45) is 1.98. The number of hydrogen-bond acceptors (Lipinski definition) is 3. The number of halogens is 2. The minimum atomic E-state index is 0. The summed E-state index contributed by atoms with van der Waals surface area (Å²) in [5.74, 6) is 0. The third kappa shape index (κ3) is 2.88. The lowest BCUT2D eigenvalue weighted by Crippen LogP contribution is -3.00. The summed E-state index contributed by atoms with van der Waals surface area (Å²) in [5.41, 5.74) is 3.23. The van der Waals surface area contributed by atoms with Gasteiger partial charge in [0.25, 0.3) is 0 Å². The van der Waals surface area contributed by atoms with Crippen molar-refractivity contribution in [2.75, 3.05) is 0 Å². The Labute approximate surface area is 141 Å². The summed E-state index contributed by atoms with van der Waals surface area (Å²) in [6.45, 7) is 2.07. The first-order valence-corrected chi connectivity index (χ1v) is 7.79. The summed E-state index contributed by atoms with van der Waals surface area (Å²) >= 11 is 5.02. The predicted octanol–water partition coefficient (Wildman–Crippen LogP) is 1.55. The van der Waals surface area contributed by atoms with Crippen LogP contribution in [0.3, 0.4) is 0 Å². The lowest BCUT2D eigenvalue weighted by molar-refractivity contribution is -0.654. The molecule has 0 atom stereocenters. The van der Waals surface area contributed by atoms with Crippen molar-refractivity contribution < 1.29 is 17.0 Å². The van der Waals surface area contributed by atoms with Crippen LogP contribution < -0.4 is 17.0 Å². The number of para-hydroxylation sites is 1. The molecule has 0 aliphatic carbocycles. The van der Waals surface area contributed by atoms with Gasteiger partial charge in [0.15, 0.2) is 0 Å². The van der Waals surface area contributed by atoms with Gasteiger partial charge in [-0.05, 0) is 45.4 Å². The van der Waals surface area contributed by atoms with Crippen LogP contribution in [0.1, 0.15) is 5.69 Å². The number of azo groups is 1. The van der Waals surface area contributed by atoms with E-state index in [0.29, 0.717) is 0 Å². The second-order valence-corrected chi connectivity index (χ2v) is 7.03. The standard InChI is InChI=1S/C14H14BrN4S.ClH/c1-9-13(10-6-4-5-7-11(10)19(9)3)16-17-14-18(2)8-12(15)20-14;/h4-8H,1-3H3;1H/q+1;/p-1.